The van der Waals surface area contributed by atoms with Crippen molar-refractivity contribution in [2.24, 2.45) is 5.92 Å². The third-order valence-electron chi connectivity index (χ3n) is 3.19. The number of carbonyl (C=O) groups is 2. The Balaban J connectivity index is 2.36. The molecule has 114 valence electrons. The van der Waals surface area contributed by atoms with Crippen molar-refractivity contribution in [1.82, 2.24) is 5.32 Å². The number of rotatable bonds is 3. The molecule has 0 radical (unpaired) electrons. The average molecular weight is 300 g/mol. The maximum atomic E-state index is 13.8. The molecule has 0 spiro atoms. The molecule has 1 aliphatic rings. The largest absolute Gasteiger partial charge is 0.343 e. The molecule has 1 fully saturated rings. The Bertz CT molecular complexity index is 590. The normalized spacial score (nSPS) is 19.1. The van der Waals surface area contributed by atoms with Gasteiger partial charge in [-0.25, -0.2) is 13.2 Å². The number of amides is 2. The van der Waals surface area contributed by atoms with Gasteiger partial charge in [-0.1, -0.05) is 13.8 Å². The molecule has 1 saturated heterocycles. The highest BCUT2D eigenvalue weighted by Gasteiger charge is 2.35. The van der Waals surface area contributed by atoms with Gasteiger partial charge < -0.3 is 5.32 Å². The molecule has 1 heterocycles. The fourth-order valence-electron chi connectivity index (χ4n) is 2.27. The maximum absolute atomic E-state index is 13.8. The molecular weight excluding hydrogens is 285 g/mol. The summed E-state index contributed by atoms with van der Waals surface area (Å²) in [5.41, 5.74) is -0.428. The minimum atomic E-state index is -1.34. The fourth-order valence-corrected chi connectivity index (χ4v) is 2.27. The van der Waals surface area contributed by atoms with Crippen LogP contribution >= 0.6 is 0 Å². The highest BCUT2D eigenvalue weighted by molar-refractivity contribution is 6.06. The first-order valence-corrected chi connectivity index (χ1v) is 6.55. The topological polar surface area (TPSA) is 49.4 Å². The van der Waals surface area contributed by atoms with Crippen LogP contribution in [0, 0.1) is 23.4 Å². The quantitative estimate of drug-likeness (QED) is 0.868. The smallest absolute Gasteiger partial charge is 0.250 e. The SMILES string of the molecule is CC(C)CC1NC(=O)CN(c2cc(F)c(F)cc2F)C1=O. The van der Waals surface area contributed by atoms with Crippen molar-refractivity contribution in [1.29, 1.82) is 0 Å². The Morgan fingerprint density at radius 2 is 1.81 bits per heavy atom. The lowest BCUT2D eigenvalue weighted by Gasteiger charge is -2.33. The van der Waals surface area contributed by atoms with Crippen LogP contribution in [-0.4, -0.2) is 24.4 Å². The molecule has 1 aromatic carbocycles. The maximum Gasteiger partial charge on any atom is 0.250 e. The van der Waals surface area contributed by atoms with Crippen LogP contribution in [-0.2, 0) is 9.59 Å². The summed E-state index contributed by atoms with van der Waals surface area (Å²) in [6.45, 7) is 3.32. The number of piperazine rings is 1. The van der Waals surface area contributed by atoms with Gasteiger partial charge in [-0.05, 0) is 12.3 Å². The molecule has 2 rings (SSSR count). The number of nitrogens with zero attached hydrogens (tertiary/aromatic N) is 1. The van der Waals surface area contributed by atoms with E-state index in [2.05, 4.69) is 5.32 Å². The van der Waals surface area contributed by atoms with E-state index in [1.54, 1.807) is 0 Å². The van der Waals surface area contributed by atoms with E-state index in [1.165, 1.54) is 0 Å². The second-order valence-electron chi connectivity index (χ2n) is 5.39. The first kappa shape index (κ1) is 15.3. The van der Waals surface area contributed by atoms with E-state index < -0.39 is 47.5 Å². The van der Waals surface area contributed by atoms with Crippen molar-refractivity contribution in [2.75, 3.05) is 11.4 Å². The van der Waals surface area contributed by atoms with Gasteiger partial charge in [0.2, 0.25) is 11.8 Å². The van der Waals surface area contributed by atoms with E-state index in [9.17, 15) is 22.8 Å². The molecule has 1 aliphatic heterocycles. The molecule has 0 aliphatic carbocycles. The van der Waals surface area contributed by atoms with Crippen LogP contribution in [0.3, 0.4) is 0 Å². The van der Waals surface area contributed by atoms with E-state index in [0.717, 1.165) is 4.90 Å². The van der Waals surface area contributed by atoms with Crippen molar-refractivity contribution >= 4 is 17.5 Å². The summed E-state index contributed by atoms with van der Waals surface area (Å²) in [4.78, 5) is 24.8. The van der Waals surface area contributed by atoms with Crippen LogP contribution in [0.15, 0.2) is 12.1 Å². The molecular formula is C14H15F3N2O2. The van der Waals surface area contributed by atoms with Crippen LogP contribution in [0.25, 0.3) is 0 Å². The van der Waals surface area contributed by atoms with Crippen molar-refractivity contribution in [3.8, 4) is 0 Å². The molecule has 1 unspecified atom stereocenters. The molecule has 0 bridgehead atoms. The van der Waals surface area contributed by atoms with E-state index in [-0.39, 0.29) is 5.92 Å². The Morgan fingerprint density at radius 1 is 1.19 bits per heavy atom. The second kappa shape index (κ2) is 5.75. The minimum Gasteiger partial charge on any atom is -0.343 e. The molecule has 1 N–H and O–H groups in total. The van der Waals surface area contributed by atoms with Gasteiger partial charge in [-0.15, -0.1) is 0 Å². The number of hydrogen-bond donors (Lipinski definition) is 1. The predicted octanol–water partition coefficient (Wildman–Crippen LogP) is 1.98. The van der Waals surface area contributed by atoms with Crippen molar-refractivity contribution < 1.29 is 22.8 Å². The van der Waals surface area contributed by atoms with E-state index in [0.29, 0.717) is 18.6 Å². The number of anilines is 1. The lowest BCUT2D eigenvalue weighted by Crippen LogP contribution is -2.58. The molecule has 4 nitrogen and oxygen atoms in total. The molecule has 1 aromatic rings. The summed E-state index contributed by atoms with van der Waals surface area (Å²) in [5, 5.41) is 2.52. The zero-order valence-corrected chi connectivity index (χ0v) is 11.6. The van der Waals surface area contributed by atoms with Gasteiger partial charge in [0, 0.05) is 12.1 Å². The van der Waals surface area contributed by atoms with Crippen molar-refractivity contribution in [3.63, 3.8) is 0 Å². The monoisotopic (exact) mass is 300 g/mol. The van der Waals surface area contributed by atoms with Gasteiger partial charge in [0.1, 0.15) is 18.4 Å². The molecule has 7 heteroatoms. The van der Waals surface area contributed by atoms with E-state index in [4.69, 9.17) is 0 Å². The standard InChI is InChI=1S/C14H15F3N2O2/c1-7(2)3-11-14(21)19(6-13(20)18-11)12-5-9(16)8(15)4-10(12)17/h4-5,7,11H,3,6H2,1-2H3,(H,18,20). The first-order valence-electron chi connectivity index (χ1n) is 6.55. The van der Waals surface area contributed by atoms with Gasteiger partial charge in [0.25, 0.3) is 0 Å². The predicted molar refractivity (Wildman–Crippen MR) is 70.1 cm³/mol. The van der Waals surface area contributed by atoms with E-state index >= 15 is 0 Å². The van der Waals surface area contributed by atoms with Gasteiger partial charge in [0.05, 0.1) is 5.69 Å². The van der Waals surface area contributed by atoms with Crippen molar-refractivity contribution in [3.05, 3.63) is 29.6 Å². The van der Waals surface area contributed by atoms with Crippen LogP contribution in [0.1, 0.15) is 20.3 Å². The summed E-state index contributed by atoms with van der Waals surface area (Å²) in [6.07, 6.45) is 0.381. The molecule has 21 heavy (non-hydrogen) atoms. The number of halogens is 3. The van der Waals surface area contributed by atoms with Crippen LogP contribution in [0.5, 0.6) is 0 Å². The van der Waals surface area contributed by atoms with Gasteiger partial charge in [0.15, 0.2) is 11.6 Å². The van der Waals surface area contributed by atoms with E-state index in [1.807, 2.05) is 13.8 Å². The number of benzene rings is 1. The summed E-state index contributed by atoms with van der Waals surface area (Å²) in [6, 6.07) is 0.161. The first-order chi connectivity index (χ1) is 9.79. The van der Waals surface area contributed by atoms with Crippen LogP contribution in [0.2, 0.25) is 0 Å². The van der Waals surface area contributed by atoms with Crippen molar-refractivity contribution in [2.45, 2.75) is 26.3 Å². The minimum absolute atomic E-state index is 0.133. The summed E-state index contributed by atoms with van der Waals surface area (Å²) in [5.74, 6) is -4.57. The third kappa shape index (κ3) is 3.17. The van der Waals surface area contributed by atoms with Gasteiger partial charge in [-0.3, -0.25) is 14.5 Å². The Labute approximate surface area is 119 Å². The average Bonchev–Trinajstić information content (AvgIpc) is 2.37. The summed E-state index contributed by atoms with van der Waals surface area (Å²) in [7, 11) is 0. The number of nitrogens with one attached hydrogen (secondary N) is 1. The zero-order valence-electron chi connectivity index (χ0n) is 11.6. The molecule has 1 atom stereocenters. The highest BCUT2D eigenvalue weighted by Crippen LogP contribution is 2.25. The van der Waals surface area contributed by atoms with Gasteiger partial charge in [-0.2, -0.15) is 0 Å². The Hall–Kier alpha value is -2.05. The lowest BCUT2D eigenvalue weighted by atomic mass is 10.0. The summed E-state index contributed by atoms with van der Waals surface area (Å²) < 4.78 is 40.0. The molecule has 0 saturated carbocycles. The fraction of sp³-hybridized carbons (Fsp3) is 0.429. The summed E-state index contributed by atoms with van der Waals surface area (Å²) >= 11 is 0. The second-order valence-corrected chi connectivity index (χ2v) is 5.39. The Morgan fingerprint density at radius 3 is 2.43 bits per heavy atom. The zero-order chi connectivity index (χ0) is 15.7. The van der Waals surface area contributed by atoms with Crippen LogP contribution in [0.4, 0.5) is 18.9 Å². The number of hydrogen-bond acceptors (Lipinski definition) is 2. The molecule has 2 amide bonds. The highest BCUT2D eigenvalue weighted by atomic mass is 19.2. The third-order valence-corrected chi connectivity index (χ3v) is 3.19. The molecule has 0 aromatic heterocycles. The lowest BCUT2D eigenvalue weighted by molar-refractivity contribution is -0.131. The van der Waals surface area contributed by atoms with Gasteiger partial charge >= 0.3 is 0 Å². The number of carbonyl (C=O) groups excluding carboxylic acids is 2. The Kier molecular flexibility index (Phi) is 4.20. The van der Waals surface area contributed by atoms with Crippen LogP contribution < -0.4 is 10.2 Å².